The first-order valence-electron chi connectivity index (χ1n) is 7.04. The van der Waals surface area contributed by atoms with E-state index in [-0.39, 0.29) is 6.04 Å². The molecule has 0 radical (unpaired) electrons. The lowest BCUT2D eigenvalue weighted by Crippen LogP contribution is -2.45. The summed E-state index contributed by atoms with van der Waals surface area (Å²) in [6.07, 6.45) is 4.04. The standard InChI is InChI=1S/C14H16ClN5O2/c1-19(14(21)22)9-3-6-20(7-4-9)13-11-8-16-5-2-10(11)12(15)17-18-13/h2,5,8-9H,3-4,6-7H2,1H3,(H,21,22). The van der Waals surface area contributed by atoms with Crippen LogP contribution in [0.1, 0.15) is 12.8 Å². The molecule has 1 fully saturated rings. The summed E-state index contributed by atoms with van der Waals surface area (Å²) in [5.41, 5.74) is 0. The number of nitrogens with zero attached hydrogens (tertiary/aromatic N) is 5. The highest BCUT2D eigenvalue weighted by atomic mass is 35.5. The van der Waals surface area contributed by atoms with Gasteiger partial charge in [0.1, 0.15) is 0 Å². The molecule has 2 aromatic heterocycles. The Morgan fingerprint density at radius 3 is 2.77 bits per heavy atom. The van der Waals surface area contributed by atoms with Crippen molar-refractivity contribution >= 4 is 34.3 Å². The monoisotopic (exact) mass is 321 g/mol. The maximum atomic E-state index is 11.0. The van der Waals surface area contributed by atoms with Gasteiger partial charge in [-0.3, -0.25) is 4.98 Å². The van der Waals surface area contributed by atoms with Crippen molar-refractivity contribution in [3.63, 3.8) is 0 Å². The molecule has 22 heavy (non-hydrogen) atoms. The molecule has 7 nitrogen and oxygen atoms in total. The van der Waals surface area contributed by atoms with E-state index in [1.54, 1.807) is 19.4 Å². The molecule has 1 amide bonds. The van der Waals surface area contributed by atoms with Crippen molar-refractivity contribution in [1.29, 1.82) is 0 Å². The van der Waals surface area contributed by atoms with Crippen LogP contribution in [-0.2, 0) is 0 Å². The van der Waals surface area contributed by atoms with Gasteiger partial charge in [-0.25, -0.2) is 4.79 Å². The summed E-state index contributed by atoms with van der Waals surface area (Å²) in [7, 11) is 1.62. The molecule has 0 bridgehead atoms. The van der Waals surface area contributed by atoms with Crippen molar-refractivity contribution in [2.75, 3.05) is 25.0 Å². The van der Waals surface area contributed by atoms with E-state index >= 15 is 0 Å². The predicted octanol–water partition coefficient (Wildman–Crippen LogP) is 2.26. The van der Waals surface area contributed by atoms with E-state index in [0.29, 0.717) is 5.15 Å². The summed E-state index contributed by atoms with van der Waals surface area (Å²) in [4.78, 5) is 18.7. The van der Waals surface area contributed by atoms with Gasteiger partial charge in [-0.05, 0) is 18.9 Å². The topological polar surface area (TPSA) is 82.5 Å². The molecule has 0 unspecified atom stereocenters. The lowest BCUT2D eigenvalue weighted by molar-refractivity contribution is 0.131. The molecule has 1 saturated heterocycles. The Kier molecular flexibility index (Phi) is 3.98. The molecule has 0 saturated carbocycles. The minimum absolute atomic E-state index is 0.0402. The number of fused-ring (bicyclic) bond motifs is 1. The second-order valence-electron chi connectivity index (χ2n) is 5.35. The molecule has 116 valence electrons. The fourth-order valence-corrected chi connectivity index (χ4v) is 3.01. The second-order valence-corrected chi connectivity index (χ2v) is 5.71. The zero-order valence-electron chi connectivity index (χ0n) is 12.1. The number of halogens is 1. The van der Waals surface area contributed by atoms with Crippen LogP contribution in [0.4, 0.5) is 10.6 Å². The molecule has 3 rings (SSSR count). The number of hydrogen-bond acceptors (Lipinski definition) is 5. The third-order valence-corrected chi connectivity index (χ3v) is 4.41. The van der Waals surface area contributed by atoms with Crippen molar-refractivity contribution < 1.29 is 9.90 Å². The molecule has 1 N–H and O–H groups in total. The first kappa shape index (κ1) is 14.8. The first-order valence-corrected chi connectivity index (χ1v) is 7.42. The highest BCUT2D eigenvalue weighted by Crippen LogP contribution is 2.29. The number of piperidine rings is 1. The largest absolute Gasteiger partial charge is 0.465 e. The van der Waals surface area contributed by atoms with Crippen LogP contribution in [0.15, 0.2) is 18.5 Å². The number of amides is 1. The third-order valence-electron chi connectivity index (χ3n) is 4.13. The number of pyridine rings is 1. The van der Waals surface area contributed by atoms with Gasteiger partial charge in [0.15, 0.2) is 11.0 Å². The summed E-state index contributed by atoms with van der Waals surface area (Å²) >= 11 is 6.08. The number of rotatable bonds is 2. The smallest absolute Gasteiger partial charge is 0.407 e. The molecule has 1 aliphatic heterocycles. The second kappa shape index (κ2) is 5.92. The lowest BCUT2D eigenvalue weighted by atomic mass is 10.0. The SMILES string of the molecule is CN(C(=O)O)C1CCN(c2nnc(Cl)c3ccncc23)CC1. The number of carboxylic acid groups (broad SMARTS) is 1. The van der Waals surface area contributed by atoms with E-state index in [1.807, 2.05) is 6.07 Å². The summed E-state index contributed by atoms with van der Waals surface area (Å²) in [6, 6.07) is 1.86. The lowest BCUT2D eigenvalue weighted by Gasteiger charge is -2.36. The van der Waals surface area contributed by atoms with Crippen LogP contribution >= 0.6 is 11.6 Å². The summed E-state index contributed by atoms with van der Waals surface area (Å²) in [5, 5.41) is 19.3. The van der Waals surface area contributed by atoms with E-state index < -0.39 is 6.09 Å². The van der Waals surface area contributed by atoms with E-state index in [9.17, 15) is 4.79 Å². The van der Waals surface area contributed by atoms with Crippen molar-refractivity contribution in [1.82, 2.24) is 20.1 Å². The van der Waals surface area contributed by atoms with Crippen LogP contribution in [0.25, 0.3) is 10.8 Å². The van der Waals surface area contributed by atoms with Crippen molar-refractivity contribution in [2.45, 2.75) is 18.9 Å². The quantitative estimate of drug-likeness (QED) is 0.913. The molecular formula is C14H16ClN5O2. The molecule has 0 atom stereocenters. The summed E-state index contributed by atoms with van der Waals surface area (Å²) in [5.74, 6) is 0.754. The maximum Gasteiger partial charge on any atom is 0.407 e. The van der Waals surface area contributed by atoms with Gasteiger partial charge in [0.05, 0.1) is 0 Å². The summed E-state index contributed by atoms with van der Waals surface area (Å²) in [6.45, 7) is 1.45. The highest BCUT2D eigenvalue weighted by molar-refractivity contribution is 6.34. The van der Waals surface area contributed by atoms with Crippen molar-refractivity contribution in [2.24, 2.45) is 0 Å². The normalized spacial score (nSPS) is 16.0. The fraction of sp³-hybridized carbons (Fsp3) is 0.429. The van der Waals surface area contributed by atoms with Crippen LogP contribution in [0.2, 0.25) is 5.15 Å². The Morgan fingerprint density at radius 2 is 2.09 bits per heavy atom. The van der Waals surface area contributed by atoms with Crippen LogP contribution in [0, 0.1) is 0 Å². The molecule has 0 spiro atoms. The third kappa shape index (κ3) is 2.64. The average molecular weight is 322 g/mol. The van der Waals surface area contributed by atoms with E-state index in [2.05, 4.69) is 20.1 Å². The molecule has 3 heterocycles. The molecule has 0 aliphatic carbocycles. The number of aromatic nitrogens is 3. The van der Waals surface area contributed by atoms with Crippen LogP contribution in [-0.4, -0.2) is 57.5 Å². The maximum absolute atomic E-state index is 11.0. The number of hydrogen-bond donors (Lipinski definition) is 1. The fourth-order valence-electron chi connectivity index (χ4n) is 2.81. The van der Waals surface area contributed by atoms with Crippen LogP contribution in [0.3, 0.4) is 0 Å². The van der Waals surface area contributed by atoms with Gasteiger partial charge < -0.3 is 14.9 Å². The van der Waals surface area contributed by atoms with Crippen LogP contribution < -0.4 is 4.90 Å². The molecule has 1 aliphatic rings. The van der Waals surface area contributed by atoms with Gasteiger partial charge in [-0.15, -0.1) is 10.2 Å². The first-order chi connectivity index (χ1) is 10.6. The Bertz CT molecular complexity index is 703. The van der Waals surface area contributed by atoms with Gasteiger partial charge in [0.25, 0.3) is 0 Å². The zero-order valence-corrected chi connectivity index (χ0v) is 12.9. The van der Waals surface area contributed by atoms with Gasteiger partial charge >= 0.3 is 6.09 Å². The molecule has 2 aromatic rings. The Labute approximate surface area is 132 Å². The summed E-state index contributed by atoms with van der Waals surface area (Å²) < 4.78 is 0. The molecule has 8 heteroatoms. The minimum atomic E-state index is -0.889. The van der Waals surface area contributed by atoms with Crippen LogP contribution in [0.5, 0.6) is 0 Å². The molecule has 0 aromatic carbocycles. The van der Waals surface area contributed by atoms with E-state index in [0.717, 1.165) is 42.5 Å². The van der Waals surface area contributed by atoms with Gasteiger partial charge in [-0.2, -0.15) is 0 Å². The highest BCUT2D eigenvalue weighted by Gasteiger charge is 2.26. The van der Waals surface area contributed by atoms with Gasteiger partial charge in [-0.1, -0.05) is 11.6 Å². The van der Waals surface area contributed by atoms with E-state index in [4.69, 9.17) is 16.7 Å². The van der Waals surface area contributed by atoms with E-state index in [1.165, 1.54) is 4.90 Å². The minimum Gasteiger partial charge on any atom is -0.465 e. The predicted molar refractivity (Wildman–Crippen MR) is 83.4 cm³/mol. The average Bonchev–Trinajstić information content (AvgIpc) is 2.55. The number of anilines is 1. The Hall–Kier alpha value is -2.15. The Morgan fingerprint density at radius 1 is 1.36 bits per heavy atom. The van der Waals surface area contributed by atoms with Crippen molar-refractivity contribution in [3.8, 4) is 0 Å². The molecular weight excluding hydrogens is 306 g/mol. The van der Waals surface area contributed by atoms with Gasteiger partial charge in [0.2, 0.25) is 0 Å². The number of carbonyl (C=O) groups is 1. The van der Waals surface area contributed by atoms with Crippen molar-refractivity contribution in [3.05, 3.63) is 23.6 Å². The zero-order chi connectivity index (χ0) is 15.7. The Balaban J connectivity index is 1.83. The van der Waals surface area contributed by atoms with Gasteiger partial charge in [0, 0.05) is 49.3 Å².